The van der Waals surface area contributed by atoms with E-state index in [0.29, 0.717) is 0 Å². The molecule has 0 aliphatic heterocycles. The molecule has 0 unspecified atom stereocenters. The Morgan fingerprint density at radius 3 is 2.29 bits per heavy atom. The van der Waals surface area contributed by atoms with Crippen molar-refractivity contribution in [1.29, 1.82) is 0 Å². The van der Waals surface area contributed by atoms with Crippen molar-refractivity contribution in [3.63, 3.8) is 0 Å². The molecular formula is C17H21NO3. The molecule has 0 spiro atoms. The lowest BCUT2D eigenvalue weighted by Crippen LogP contribution is -2.17. The van der Waals surface area contributed by atoms with Crippen LogP contribution in [0.15, 0.2) is 30.3 Å². The predicted octanol–water partition coefficient (Wildman–Crippen LogP) is 3.30. The lowest BCUT2D eigenvalue weighted by Gasteiger charge is -2.20. The third-order valence-corrected chi connectivity index (χ3v) is 3.43. The van der Waals surface area contributed by atoms with E-state index < -0.39 is 5.60 Å². The van der Waals surface area contributed by atoms with Crippen molar-refractivity contribution >= 4 is 0 Å². The van der Waals surface area contributed by atoms with Crippen LogP contribution < -0.4 is 9.47 Å². The fourth-order valence-electron chi connectivity index (χ4n) is 2.37. The molecule has 1 aromatic heterocycles. The van der Waals surface area contributed by atoms with Crippen LogP contribution in [0.2, 0.25) is 0 Å². The van der Waals surface area contributed by atoms with Gasteiger partial charge in [-0.2, -0.15) is 0 Å². The molecule has 4 heteroatoms. The molecular weight excluding hydrogens is 266 g/mol. The summed E-state index contributed by atoms with van der Waals surface area (Å²) in [7, 11) is 3.25. The predicted molar refractivity (Wildman–Crippen MR) is 82.8 cm³/mol. The number of nitrogens with zero attached hydrogens (tertiary/aromatic N) is 1. The van der Waals surface area contributed by atoms with Gasteiger partial charge >= 0.3 is 0 Å². The molecule has 112 valence electrons. The summed E-state index contributed by atoms with van der Waals surface area (Å²) < 4.78 is 10.7. The largest absolute Gasteiger partial charge is 0.497 e. The molecule has 4 nitrogen and oxygen atoms in total. The van der Waals surface area contributed by atoms with Crippen molar-refractivity contribution in [2.45, 2.75) is 26.4 Å². The molecule has 0 aliphatic rings. The third kappa shape index (κ3) is 3.16. The number of hydrogen-bond donors (Lipinski definition) is 1. The molecule has 2 aromatic rings. The van der Waals surface area contributed by atoms with Crippen LogP contribution in [0.3, 0.4) is 0 Å². The van der Waals surface area contributed by atoms with Gasteiger partial charge in [-0.1, -0.05) is 6.07 Å². The molecule has 0 aliphatic carbocycles. The summed E-state index contributed by atoms with van der Waals surface area (Å²) in [4.78, 5) is 4.60. The summed E-state index contributed by atoms with van der Waals surface area (Å²) in [5, 5.41) is 10.1. The van der Waals surface area contributed by atoms with Gasteiger partial charge in [0.25, 0.3) is 0 Å². The molecule has 1 N–H and O–H groups in total. The van der Waals surface area contributed by atoms with Crippen LogP contribution in [0.25, 0.3) is 11.3 Å². The Morgan fingerprint density at radius 1 is 1.05 bits per heavy atom. The van der Waals surface area contributed by atoms with E-state index in [1.54, 1.807) is 28.1 Å². The lowest BCUT2D eigenvalue weighted by molar-refractivity contribution is 0.0775. The summed E-state index contributed by atoms with van der Waals surface area (Å²) >= 11 is 0. The van der Waals surface area contributed by atoms with Crippen molar-refractivity contribution in [1.82, 2.24) is 4.98 Å². The highest BCUT2D eigenvalue weighted by atomic mass is 16.5. The van der Waals surface area contributed by atoms with Crippen LogP contribution in [0.5, 0.6) is 11.5 Å². The van der Waals surface area contributed by atoms with E-state index in [4.69, 9.17) is 9.47 Å². The van der Waals surface area contributed by atoms with Gasteiger partial charge in [0.15, 0.2) is 0 Å². The maximum Gasteiger partial charge on any atom is 0.128 e. The molecule has 21 heavy (non-hydrogen) atoms. The number of aromatic nitrogens is 1. The highest BCUT2D eigenvalue weighted by Gasteiger charge is 2.20. The molecule has 1 aromatic carbocycles. The smallest absolute Gasteiger partial charge is 0.128 e. The Kier molecular flexibility index (Phi) is 4.19. The van der Waals surface area contributed by atoms with E-state index in [9.17, 15) is 5.11 Å². The van der Waals surface area contributed by atoms with Gasteiger partial charge in [-0.3, -0.25) is 4.98 Å². The van der Waals surface area contributed by atoms with Gasteiger partial charge < -0.3 is 14.6 Å². The SMILES string of the molecule is COc1ccc(OC)c(-c2ccc(C(C)(C)O)c(C)n2)c1. The summed E-state index contributed by atoms with van der Waals surface area (Å²) in [6, 6.07) is 9.38. The molecule has 0 fully saturated rings. The number of aliphatic hydroxyl groups is 1. The molecule has 0 bridgehead atoms. The maximum atomic E-state index is 10.1. The monoisotopic (exact) mass is 287 g/mol. The Bertz CT molecular complexity index is 645. The summed E-state index contributed by atoms with van der Waals surface area (Å²) in [6.45, 7) is 5.40. The van der Waals surface area contributed by atoms with Gasteiger partial charge in [0.05, 0.1) is 25.5 Å². The van der Waals surface area contributed by atoms with Gasteiger partial charge in [0.2, 0.25) is 0 Å². The Labute approximate surface area is 125 Å². The summed E-state index contributed by atoms with van der Waals surface area (Å²) in [6.07, 6.45) is 0. The van der Waals surface area contributed by atoms with Crippen LogP contribution in [0.4, 0.5) is 0 Å². The van der Waals surface area contributed by atoms with Crippen molar-refractivity contribution in [3.05, 3.63) is 41.6 Å². The van der Waals surface area contributed by atoms with E-state index in [2.05, 4.69) is 4.98 Å². The molecule has 0 saturated carbocycles. The number of hydrogen-bond acceptors (Lipinski definition) is 4. The van der Waals surface area contributed by atoms with Crippen molar-refractivity contribution in [3.8, 4) is 22.8 Å². The van der Waals surface area contributed by atoms with E-state index in [1.807, 2.05) is 37.3 Å². The van der Waals surface area contributed by atoms with Crippen LogP contribution in [-0.4, -0.2) is 24.3 Å². The molecule has 0 saturated heterocycles. The molecule has 0 atom stereocenters. The van der Waals surface area contributed by atoms with Crippen LogP contribution in [0, 0.1) is 6.92 Å². The second kappa shape index (κ2) is 5.74. The second-order valence-electron chi connectivity index (χ2n) is 5.45. The molecule has 0 radical (unpaired) electrons. The molecule has 1 heterocycles. The first-order chi connectivity index (χ1) is 9.86. The number of benzene rings is 1. The van der Waals surface area contributed by atoms with Gasteiger partial charge in [0.1, 0.15) is 11.5 Å². The molecule has 0 amide bonds. The average molecular weight is 287 g/mol. The van der Waals surface area contributed by atoms with Gasteiger partial charge in [-0.25, -0.2) is 0 Å². The zero-order valence-electron chi connectivity index (χ0n) is 13.1. The Hall–Kier alpha value is -2.07. The average Bonchev–Trinajstić information content (AvgIpc) is 2.45. The van der Waals surface area contributed by atoms with Crippen molar-refractivity contribution in [2.75, 3.05) is 14.2 Å². The minimum atomic E-state index is -0.909. The van der Waals surface area contributed by atoms with Crippen LogP contribution >= 0.6 is 0 Å². The highest BCUT2D eigenvalue weighted by molar-refractivity contribution is 5.69. The maximum absolute atomic E-state index is 10.1. The van der Waals surface area contributed by atoms with Crippen LogP contribution in [0.1, 0.15) is 25.1 Å². The minimum Gasteiger partial charge on any atom is -0.497 e. The van der Waals surface area contributed by atoms with Crippen LogP contribution in [-0.2, 0) is 5.60 Å². The second-order valence-corrected chi connectivity index (χ2v) is 5.45. The normalized spacial score (nSPS) is 11.3. The first kappa shape index (κ1) is 15.3. The zero-order chi connectivity index (χ0) is 15.6. The quantitative estimate of drug-likeness (QED) is 0.937. The number of pyridine rings is 1. The Balaban J connectivity index is 2.55. The minimum absolute atomic E-state index is 0.735. The van der Waals surface area contributed by atoms with Crippen molar-refractivity contribution in [2.24, 2.45) is 0 Å². The first-order valence-electron chi connectivity index (χ1n) is 6.79. The highest BCUT2D eigenvalue weighted by Crippen LogP contribution is 2.33. The van der Waals surface area contributed by atoms with Gasteiger partial charge in [-0.05, 0) is 45.0 Å². The van der Waals surface area contributed by atoms with E-state index >= 15 is 0 Å². The topological polar surface area (TPSA) is 51.6 Å². The van der Waals surface area contributed by atoms with E-state index in [0.717, 1.165) is 34.0 Å². The number of rotatable bonds is 4. The summed E-state index contributed by atoms with van der Waals surface area (Å²) in [5.41, 5.74) is 2.35. The zero-order valence-corrected chi connectivity index (χ0v) is 13.1. The Morgan fingerprint density at radius 2 is 1.76 bits per heavy atom. The molecule has 2 rings (SSSR count). The number of aryl methyl sites for hydroxylation is 1. The summed E-state index contributed by atoms with van der Waals surface area (Å²) in [5.74, 6) is 1.48. The number of ether oxygens (including phenoxy) is 2. The van der Waals surface area contributed by atoms with E-state index in [1.165, 1.54) is 0 Å². The van der Waals surface area contributed by atoms with Gasteiger partial charge in [-0.15, -0.1) is 0 Å². The number of methoxy groups -OCH3 is 2. The third-order valence-electron chi connectivity index (χ3n) is 3.43. The fraction of sp³-hybridized carbons (Fsp3) is 0.353. The van der Waals surface area contributed by atoms with Gasteiger partial charge in [0, 0.05) is 16.8 Å². The standard InChI is InChI=1S/C17H21NO3/c1-11-14(17(2,3)19)7-8-15(18-11)13-10-12(20-4)6-9-16(13)21-5/h6-10,19H,1-5H3. The van der Waals surface area contributed by atoms with Crippen molar-refractivity contribution < 1.29 is 14.6 Å². The van der Waals surface area contributed by atoms with E-state index in [-0.39, 0.29) is 0 Å². The lowest BCUT2D eigenvalue weighted by atomic mass is 9.96. The fourth-order valence-corrected chi connectivity index (χ4v) is 2.37. The first-order valence-corrected chi connectivity index (χ1v) is 6.79.